The second-order valence-electron chi connectivity index (χ2n) is 2.51. The summed E-state index contributed by atoms with van der Waals surface area (Å²) in [6.07, 6.45) is 0. The molecule has 0 amide bonds. The predicted octanol–water partition coefficient (Wildman–Crippen LogP) is 1.36. The third-order valence-electron chi connectivity index (χ3n) is 1.41. The highest BCUT2D eigenvalue weighted by atomic mass is 33.1. The van der Waals surface area contributed by atoms with Crippen LogP contribution in [0.2, 0.25) is 0 Å². The van der Waals surface area contributed by atoms with E-state index in [9.17, 15) is 0 Å². The highest BCUT2D eigenvalue weighted by Crippen LogP contribution is 2.20. The molecule has 1 saturated heterocycles. The van der Waals surface area contributed by atoms with Gasteiger partial charge in [-0.1, -0.05) is 21.6 Å². The summed E-state index contributed by atoms with van der Waals surface area (Å²) in [6, 6.07) is 0. The van der Waals surface area contributed by atoms with Gasteiger partial charge in [0, 0.05) is 11.5 Å². The lowest BCUT2D eigenvalue weighted by Gasteiger charge is -2.08. The molecule has 0 saturated carbocycles. The molecule has 0 N–H and O–H groups in total. The maximum Gasteiger partial charge on any atom is 0.149 e. The van der Waals surface area contributed by atoms with Crippen molar-refractivity contribution < 1.29 is 18.9 Å². The first kappa shape index (κ1) is 12.6. The first-order valence-electron chi connectivity index (χ1n) is 4.55. The van der Waals surface area contributed by atoms with E-state index in [4.69, 9.17) is 18.9 Å². The van der Waals surface area contributed by atoms with Crippen LogP contribution in [0.3, 0.4) is 0 Å². The minimum atomic E-state index is 0.283. The topological polar surface area (TPSA) is 36.9 Å². The normalized spacial score (nSPS) is 24.0. The van der Waals surface area contributed by atoms with Crippen molar-refractivity contribution in [3.05, 3.63) is 0 Å². The molecule has 0 spiro atoms. The molecule has 0 aromatic rings. The minimum absolute atomic E-state index is 0.283. The summed E-state index contributed by atoms with van der Waals surface area (Å²) in [4.78, 5) is 0. The second kappa shape index (κ2) is 10.1. The smallest absolute Gasteiger partial charge is 0.149 e. The van der Waals surface area contributed by atoms with Crippen molar-refractivity contribution in [1.29, 1.82) is 0 Å². The summed E-state index contributed by atoms with van der Waals surface area (Å²) in [5.41, 5.74) is 0. The van der Waals surface area contributed by atoms with Crippen LogP contribution >= 0.6 is 21.6 Å². The van der Waals surface area contributed by atoms with Gasteiger partial charge in [-0.25, -0.2) is 0 Å². The van der Waals surface area contributed by atoms with Crippen LogP contribution in [0, 0.1) is 0 Å². The zero-order valence-electron chi connectivity index (χ0n) is 8.11. The van der Waals surface area contributed by atoms with Crippen molar-refractivity contribution in [2.75, 3.05) is 51.5 Å². The van der Waals surface area contributed by atoms with E-state index in [0.29, 0.717) is 20.0 Å². The van der Waals surface area contributed by atoms with E-state index in [0.717, 1.165) is 24.7 Å². The van der Waals surface area contributed by atoms with Gasteiger partial charge in [-0.05, 0) is 0 Å². The zero-order chi connectivity index (χ0) is 9.90. The molecule has 1 aliphatic heterocycles. The first-order chi connectivity index (χ1) is 7.00. The van der Waals surface area contributed by atoms with Gasteiger partial charge in [0.05, 0.1) is 26.4 Å². The lowest BCUT2D eigenvalue weighted by molar-refractivity contribution is -0.133. The number of ether oxygens (including phenoxy) is 4. The molecule has 1 heterocycles. The Morgan fingerprint density at radius 3 is 1.93 bits per heavy atom. The van der Waals surface area contributed by atoms with Gasteiger partial charge >= 0.3 is 0 Å². The standard InChI is InChI=1S/C8H16O4S2/c1-2-10-7-12-8-11-4-6-14-13-5-3-9-1/h1-8H2. The Labute approximate surface area is 92.4 Å². The van der Waals surface area contributed by atoms with E-state index in [-0.39, 0.29) is 6.79 Å². The van der Waals surface area contributed by atoms with E-state index >= 15 is 0 Å². The van der Waals surface area contributed by atoms with Gasteiger partial charge in [0.1, 0.15) is 13.6 Å². The third-order valence-corrected chi connectivity index (χ3v) is 3.74. The Morgan fingerprint density at radius 1 is 0.571 bits per heavy atom. The predicted molar refractivity (Wildman–Crippen MR) is 58.5 cm³/mol. The molecule has 1 fully saturated rings. The maximum absolute atomic E-state index is 5.33. The number of hydrogen-bond acceptors (Lipinski definition) is 6. The summed E-state index contributed by atoms with van der Waals surface area (Å²) in [5.74, 6) is 2.00. The summed E-state index contributed by atoms with van der Waals surface area (Å²) in [5, 5.41) is 0. The van der Waals surface area contributed by atoms with Gasteiger partial charge in [-0.15, -0.1) is 0 Å². The van der Waals surface area contributed by atoms with E-state index in [2.05, 4.69) is 0 Å². The fourth-order valence-electron chi connectivity index (χ4n) is 0.793. The quantitative estimate of drug-likeness (QED) is 0.595. The highest BCUT2D eigenvalue weighted by Gasteiger charge is 1.95. The van der Waals surface area contributed by atoms with Gasteiger partial charge in [0.2, 0.25) is 0 Å². The Balaban J connectivity index is 2.00. The summed E-state index contributed by atoms with van der Waals surface area (Å²) in [7, 11) is 3.61. The van der Waals surface area contributed by atoms with Gasteiger partial charge in [-0.3, -0.25) is 0 Å². The van der Waals surface area contributed by atoms with Crippen LogP contribution in [0.5, 0.6) is 0 Å². The zero-order valence-corrected chi connectivity index (χ0v) is 9.74. The molecule has 14 heavy (non-hydrogen) atoms. The molecule has 84 valence electrons. The average molecular weight is 240 g/mol. The van der Waals surface area contributed by atoms with Crippen molar-refractivity contribution in [3.63, 3.8) is 0 Å². The first-order valence-corrected chi connectivity index (χ1v) is 7.04. The van der Waals surface area contributed by atoms with Crippen LogP contribution in [0.25, 0.3) is 0 Å². The van der Waals surface area contributed by atoms with Crippen LogP contribution in [0.1, 0.15) is 0 Å². The van der Waals surface area contributed by atoms with Gasteiger partial charge in [0.15, 0.2) is 0 Å². The van der Waals surface area contributed by atoms with Gasteiger partial charge < -0.3 is 18.9 Å². The molecule has 0 bridgehead atoms. The van der Waals surface area contributed by atoms with Crippen molar-refractivity contribution in [2.45, 2.75) is 0 Å². The van der Waals surface area contributed by atoms with Crippen LogP contribution in [0.4, 0.5) is 0 Å². The fourth-order valence-corrected chi connectivity index (χ4v) is 2.52. The lowest BCUT2D eigenvalue weighted by Crippen LogP contribution is -2.11. The average Bonchev–Trinajstić information content (AvgIpc) is 2.22. The summed E-state index contributed by atoms with van der Waals surface area (Å²) >= 11 is 0. The summed E-state index contributed by atoms with van der Waals surface area (Å²) in [6.45, 7) is 3.31. The Hall–Kier alpha value is 0.540. The maximum atomic E-state index is 5.33. The fraction of sp³-hybridized carbons (Fsp3) is 1.00. The van der Waals surface area contributed by atoms with Crippen molar-refractivity contribution in [3.8, 4) is 0 Å². The van der Waals surface area contributed by atoms with Gasteiger partial charge in [-0.2, -0.15) is 0 Å². The number of rotatable bonds is 0. The van der Waals surface area contributed by atoms with Crippen LogP contribution in [-0.4, -0.2) is 51.5 Å². The second-order valence-corrected chi connectivity index (χ2v) is 5.21. The molecule has 1 aliphatic rings. The number of hydrogen-bond donors (Lipinski definition) is 0. The molecule has 0 aromatic carbocycles. The molecule has 0 unspecified atom stereocenters. The van der Waals surface area contributed by atoms with E-state index in [1.807, 2.05) is 10.8 Å². The van der Waals surface area contributed by atoms with Crippen LogP contribution in [0.15, 0.2) is 0 Å². The third kappa shape index (κ3) is 7.90. The molecule has 1 rings (SSSR count). The van der Waals surface area contributed by atoms with E-state index < -0.39 is 0 Å². The SMILES string of the molecule is C1COCOCOCCSSCCO1. The molecule has 4 nitrogen and oxygen atoms in total. The van der Waals surface area contributed by atoms with E-state index in [1.165, 1.54) is 0 Å². The Kier molecular flexibility index (Phi) is 9.07. The monoisotopic (exact) mass is 240 g/mol. The van der Waals surface area contributed by atoms with Crippen molar-refractivity contribution >= 4 is 21.6 Å². The van der Waals surface area contributed by atoms with Crippen molar-refractivity contribution in [2.24, 2.45) is 0 Å². The van der Waals surface area contributed by atoms with E-state index in [1.54, 1.807) is 10.8 Å². The Morgan fingerprint density at radius 2 is 1.14 bits per heavy atom. The Bertz CT molecular complexity index is 72.6. The molecule has 0 radical (unpaired) electrons. The molecule has 6 heteroatoms. The largest absolute Gasteiger partial charge is 0.378 e. The van der Waals surface area contributed by atoms with Crippen molar-refractivity contribution in [1.82, 2.24) is 0 Å². The molecular weight excluding hydrogens is 224 g/mol. The minimum Gasteiger partial charge on any atom is -0.378 e. The molecule has 0 atom stereocenters. The summed E-state index contributed by atoms with van der Waals surface area (Å²) < 4.78 is 20.7. The molecular formula is C8H16O4S2. The molecule has 0 aliphatic carbocycles. The lowest BCUT2D eigenvalue weighted by atomic mass is 10.7. The van der Waals surface area contributed by atoms with Crippen LogP contribution < -0.4 is 0 Å². The van der Waals surface area contributed by atoms with Crippen LogP contribution in [-0.2, 0) is 18.9 Å². The van der Waals surface area contributed by atoms with Gasteiger partial charge in [0.25, 0.3) is 0 Å². The molecule has 0 aromatic heterocycles. The highest BCUT2D eigenvalue weighted by molar-refractivity contribution is 8.76.